The third-order valence-corrected chi connectivity index (χ3v) is 4.14. The quantitative estimate of drug-likeness (QED) is 0.755. The molecule has 1 aliphatic rings. The van der Waals surface area contributed by atoms with E-state index in [1.165, 1.54) is 32.1 Å². The lowest BCUT2D eigenvalue weighted by molar-refractivity contribution is -0.132. The molecule has 1 unspecified atom stereocenters. The number of thiocarbonyl (C=S) groups is 1. The number of carbonyl (C=O) groups is 1. The maximum Gasteiger partial charge on any atom is 0.232 e. The lowest BCUT2D eigenvalue weighted by Gasteiger charge is -2.29. The van der Waals surface area contributed by atoms with Crippen molar-refractivity contribution in [3.05, 3.63) is 0 Å². The predicted molar refractivity (Wildman–Crippen MR) is 79.4 cm³/mol. The Labute approximate surface area is 116 Å². The third-order valence-electron chi connectivity index (χ3n) is 3.85. The Hall–Kier alpha value is -0.640. The van der Waals surface area contributed by atoms with Crippen LogP contribution in [0.15, 0.2) is 0 Å². The minimum atomic E-state index is -0.265. The van der Waals surface area contributed by atoms with Gasteiger partial charge in [-0.05, 0) is 25.2 Å². The third kappa shape index (κ3) is 4.56. The Kier molecular flexibility index (Phi) is 6.61. The summed E-state index contributed by atoms with van der Waals surface area (Å²) in [4.78, 5) is 14.5. The van der Waals surface area contributed by atoms with Crippen molar-refractivity contribution in [3.8, 4) is 0 Å². The van der Waals surface area contributed by atoms with Crippen molar-refractivity contribution >= 4 is 23.1 Å². The lowest BCUT2D eigenvalue weighted by Crippen LogP contribution is -2.41. The van der Waals surface area contributed by atoms with Crippen molar-refractivity contribution in [1.29, 1.82) is 0 Å². The molecule has 0 aromatic heterocycles. The largest absolute Gasteiger partial charge is 0.393 e. The van der Waals surface area contributed by atoms with E-state index in [9.17, 15) is 4.79 Å². The molecule has 0 saturated heterocycles. The van der Waals surface area contributed by atoms with Crippen LogP contribution >= 0.6 is 12.2 Å². The average molecular weight is 270 g/mol. The number of amides is 1. The van der Waals surface area contributed by atoms with Gasteiger partial charge in [0, 0.05) is 13.6 Å². The van der Waals surface area contributed by atoms with Crippen LogP contribution in [0.3, 0.4) is 0 Å². The summed E-state index contributed by atoms with van der Waals surface area (Å²) in [5.41, 5.74) is 5.68. The summed E-state index contributed by atoms with van der Waals surface area (Å²) in [6.07, 6.45) is 8.17. The number of nitrogens with two attached hydrogens (primary N) is 1. The fourth-order valence-electron chi connectivity index (χ4n) is 2.79. The second-order valence-corrected chi connectivity index (χ2v) is 5.94. The highest BCUT2D eigenvalue weighted by molar-refractivity contribution is 7.80. The minimum absolute atomic E-state index is 0.106. The van der Waals surface area contributed by atoms with E-state index in [4.69, 9.17) is 18.0 Å². The van der Waals surface area contributed by atoms with Crippen LogP contribution in [-0.2, 0) is 4.79 Å². The Morgan fingerprint density at radius 3 is 2.50 bits per heavy atom. The van der Waals surface area contributed by atoms with E-state index in [2.05, 4.69) is 6.92 Å². The number of hydrogen-bond donors (Lipinski definition) is 1. The zero-order chi connectivity index (χ0) is 13.5. The van der Waals surface area contributed by atoms with E-state index in [-0.39, 0.29) is 11.8 Å². The summed E-state index contributed by atoms with van der Waals surface area (Å²) < 4.78 is 0. The molecule has 104 valence electrons. The fraction of sp³-hybridized carbons (Fsp3) is 0.857. The second-order valence-electron chi connectivity index (χ2n) is 5.47. The first-order valence-corrected chi connectivity index (χ1v) is 7.51. The molecule has 1 saturated carbocycles. The predicted octanol–water partition coefficient (Wildman–Crippen LogP) is 2.73. The normalized spacial score (nSPS) is 18.3. The highest BCUT2D eigenvalue weighted by atomic mass is 32.1. The first kappa shape index (κ1) is 15.4. The van der Waals surface area contributed by atoms with Crippen LogP contribution in [0.1, 0.15) is 51.9 Å². The van der Waals surface area contributed by atoms with E-state index in [1.807, 2.05) is 11.9 Å². The lowest BCUT2D eigenvalue weighted by atomic mass is 9.88. The highest BCUT2D eigenvalue weighted by Gasteiger charge is 2.25. The van der Waals surface area contributed by atoms with Gasteiger partial charge in [0.1, 0.15) is 0 Å². The maximum absolute atomic E-state index is 12.3. The number of hydrogen-bond acceptors (Lipinski definition) is 2. The molecule has 4 heteroatoms. The van der Waals surface area contributed by atoms with Gasteiger partial charge in [-0.3, -0.25) is 4.79 Å². The van der Waals surface area contributed by atoms with Gasteiger partial charge in [-0.25, -0.2) is 0 Å². The van der Waals surface area contributed by atoms with E-state index in [0.717, 1.165) is 19.4 Å². The van der Waals surface area contributed by atoms with Crippen LogP contribution < -0.4 is 5.73 Å². The van der Waals surface area contributed by atoms with E-state index in [0.29, 0.717) is 10.9 Å². The average Bonchev–Trinajstić information content (AvgIpc) is 2.36. The van der Waals surface area contributed by atoms with Crippen molar-refractivity contribution < 1.29 is 4.79 Å². The zero-order valence-electron chi connectivity index (χ0n) is 11.7. The molecule has 3 nitrogen and oxygen atoms in total. The second kappa shape index (κ2) is 7.72. The van der Waals surface area contributed by atoms with Crippen LogP contribution in [0.25, 0.3) is 0 Å². The molecule has 0 heterocycles. The van der Waals surface area contributed by atoms with Gasteiger partial charge in [0.15, 0.2) is 0 Å². The molecule has 0 spiro atoms. The minimum Gasteiger partial charge on any atom is -0.393 e. The van der Waals surface area contributed by atoms with Gasteiger partial charge in [-0.15, -0.1) is 0 Å². The molecule has 0 aliphatic heterocycles. The molecule has 0 aromatic rings. The van der Waals surface area contributed by atoms with Gasteiger partial charge in [0.2, 0.25) is 5.91 Å². The molecular weight excluding hydrogens is 244 g/mol. The van der Waals surface area contributed by atoms with Crippen LogP contribution in [0.5, 0.6) is 0 Å². The van der Waals surface area contributed by atoms with Gasteiger partial charge < -0.3 is 10.6 Å². The Balaban J connectivity index is 2.49. The molecule has 1 atom stereocenters. The molecule has 1 amide bonds. The summed E-state index contributed by atoms with van der Waals surface area (Å²) in [5.74, 6) is 0.509. The monoisotopic (exact) mass is 270 g/mol. The molecule has 1 rings (SSSR count). The Morgan fingerprint density at radius 1 is 1.39 bits per heavy atom. The first-order chi connectivity index (χ1) is 8.56. The molecule has 0 bridgehead atoms. The fourth-order valence-corrected chi connectivity index (χ4v) is 3.01. The SMILES string of the molecule is CCCC(C(=O)N(C)CC1CCCCC1)C(N)=S. The summed E-state index contributed by atoms with van der Waals surface area (Å²) in [6.45, 7) is 2.92. The van der Waals surface area contributed by atoms with Crippen LogP contribution in [-0.4, -0.2) is 29.4 Å². The van der Waals surface area contributed by atoms with Crippen LogP contribution in [0.4, 0.5) is 0 Å². The Morgan fingerprint density at radius 2 is 2.00 bits per heavy atom. The molecule has 0 radical (unpaired) electrons. The molecule has 18 heavy (non-hydrogen) atoms. The molecule has 1 aliphatic carbocycles. The number of carbonyl (C=O) groups excluding carboxylic acids is 1. The van der Waals surface area contributed by atoms with E-state index < -0.39 is 0 Å². The van der Waals surface area contributed by atoms with Crippen molar-refractivity contribution in [3.63, 3.8) is 0 Å². The van der Waals surface area contributed by atoms with Crippen molar-refractivity contribution in [2.45, 2.75) is 51.9 Å². The van der Waals surface area contributed by atoms with Gasteiger partial charge in [0.25, 0.3) is 0 Å². The van der Waals surface area contributed by atoms with Gasteiger partial charge in [-0.2, -0.15) is 0 Å². The topological polar surface area (TPSA) is 46.3 Å². The first-order valence-electron chi connectivity index (χ1n) is 7.10. The van der Waals surface area contributed by atoms with Crippen LogP contribution in [0, 0.1) is 11.8 Å². The highest BCUT2D eigenvalue weighted by Crippen LogP contribution is 2.24. The zero-order valence-corrected chi connectivity index (χ0v) is 12.5. The summed E-state index contributed by atoms with van der Waals surface area (Å²) in [7, 11) is 1.89. The standard InChI is InChI=1S/C14H26N2OS/c1-3-7-12(13(15)18)14(17)16(2)10-11-8-5-4-6-9-11/h11-12H,3-10H2,1-2H3,(H2,15,18). The smallest absolute Gasteiger partial charge is 0.232 e. The van der Waals surface area contributed by atoms with Gasteiger partial charge >= 0.3 is 0 Å². The number of nitrogens with zero attached hydrogens (tertiary/aromatic N) is 1. The molecule has 1 fully saturated rings. The van der Waals surface area contributed by atoms with Crippen LogP contribution in [0.2, 0.25) is 0 Å². The summed E-state index contributed by atoms with van der Waals surface area (Å²) in [6, 6.07) is 0. The molecule has 0 aromatic carbocycles. The van der Waals surface area contributed by atoms with Gasteiger partial charge in [-0.1, -0.05) is 44.8 Å². The molecule has 2 N–H and O–H groups in total. The van der Waals surface area contributed by atoms with Crippen molar-refractivity contribution in [2.75, 3.05) is 13.6 Å². The maximum atomic E-state index is 12.3. The molecular formula is C14H26N2OS. The Bertz CT molecular complexity index is 288. The number of rotatable bonds is 6. The van der Waals surface area contributed by atoms with E-state index >= 15 is 0 Å². The van der Waals surface area contributed by atoms with Gasteiger partial charge in [0.05, 0.1) is 10.9 Å². The summed E-state index contributed by atoms with van der Waals surface area (Å²) >= 11 is 5.01. The summed E-state index contributed by atoms with van der Waals surface area (Å²) in [5, 5.41) is 0. The van der Waals surface area contributed by atoms with E-state index in [1.54, 1.807) is 0 Å². The van der Waals surface area contributed by atoms with Crippen molar-refractivity contribution in [1.82, 2.24) is 4.90 Å². The van der Waals surface area contributed by atoms with Crippen molar-refractivity contribution in [2.24, 2.45) is 17.6 Å².